The zero-order valence-electron chi connectivity index (χ0n) is 46.5. The Labute approximate surface area is 455 Å². The molecule has 3 aliphatic rings. The molecular weight excluding hydrogens is 1000 g/mol. The number of unbranched alkanes of at least 4 members (excludes halogenated alkanes) is 7. The van der Waals surface area contributed by atoms with Crippen molar-refractivity contribution in [2.45, 2.75) is 211 Å². The fourth-order valence-corrected chi connectivity index (χ4v) is 10.9. The first-order chi connectivity index (χ1) is 36.2. The summed E-state index contributed by atoms with van der Waals surface area (Å²) in [7, 11) is 1.59. The number of aliphatic hydroxyl groups excluding tert-OH is 2. The summed E-state index contributed by atoms with van der Waals surface area (Å²) in [5.74, 6) is -1.90. The van der Waals surface area contributed by atoms with E-state index in [0.717, 1.165) is 57.1 Å². The van der Waals surface area contributed by atoms with Crippen LogP contribution in [0.5, 0.6) is 0 Å². The van der Waals surface area contributed by atoms with Gasteiger partial charge < -0.3 is 57.5 Å². The number of epoxide rings is 1. The minimum absolute atomic E-state index is 0.00513. The van der Waals surface area contributed by atoms with Crippen molar-refractivity contribution in [3.63, 3.8) is 0 Å². The number of carbonyl (C=O) groups excluding carboxylic acids is 9. The van der Waals surface area contributed by atoms with Gasteiger partial charge in [0.1, 0.15) is 18.1 Å². The molecule has 0 aromatic carbocycles. The van der Waals surface area contributed by atoms with Gasteiger partial charge in [0.25, 0.3) is 0 Å². The molecule has 3 rings (SSSR count). The van der Waals surface area contributed by atoms with Crippen molar-refractivity contribution in [3.05, 3.63) is 0 Å². The molecule has 0 radical (unpaired) electrons. The summed E-state index contributed by atoms with van der Waals surface area (Å²) >= 11 is 1.89. The second-order valence-electron chi connectivity index (χ2n) is 22.1. The van der Waals surface area contributed by atoms with Crippen LogP contribution in [0.2, 0.25) is 0 Å². The number of rotatable bonds is 41. The molecule has 0 aromatic heterocycles. The number of carbonyl (C=O) groups is 9. The van der Waals surface area contributed by atoms with Gasteiger partial charge in [0, 0.05) is 63.4 Å². The largest absolute Gasteiger partial charge is 0.394 e. The number of amides is 9. The predicted molar refractivity (Wildman–Crippen MR) is 290 cm³/mol. The monoisotopic (exact) mass is 1090 g/mol. The molecule has 0 unspecified atom stereocenters. The topological polar surface area (TPSA) is 318 Å². The number of nitrogens with zero attached hydrogens (tertiary/aromatic N) is 1. The first-order valence-corrected chi connectivity index (χ1v) is 29.0. The Hall–Kier alpha value is -4.58. The number of Topliss-reactive ketones (excluding diaryl/α,β-unsaturated/α-hetero) is 1. The zero-order valence-corrected chi connectivity index (χ0v) is 47.3. The molecule has 3 saturated heterocycles. The number of thioether (sulfide) groups is 1. The zero-order chi connectivity index (χ0) is 56.2. The Morgan fingerprint density at radius 1 is 0.618 bits per heavy atom. The minimum atomic E-state index is -1.44. The second-order valence-corrected chi connectivity index (χ2v) is 23.3. The summed E-state index contributed by atoms with van der Waals surface area (Å²) in [5.41, 5.74) is 1.42. The lowest BCUT2D eigenvalue weighted by atomic mass is 9.92. The number of likely N-dealkylation sites (N-methyl/N-ethyl adjacent to an activating group) is 1. The van der Waals surface area contributed by atoms with Crippen molar-refractivity contribution in [2.75, 3.05) is 52.3 Å². The van der Waals surface area contributed by atoms with E-state index in [9.17, 15) is 53.4 Å². The van der Waals surface area contributed by atoms with Gasteiger partial charge in [-0.3, -0.25) is 43.8 Å². The Morgan fingerprint density at radius 3 is 1.57 bits per heavy atom. The van der Waals surface area contributed by atoms with Gasteiger partial charge in [0.2, 0.25) is 41.4 Å². The molecule has 0 bridgehead atoms. The number of nitrogens with one attached hydrogen (secondary N) is 9. The smallest absolute Gasteiger partial charge is 0.315 e. The van der Waals surface area contributed by atoms with Crippen molar-refractivity contribution in [1.29, 1.82) is 0 Å². The molecular formula is C53H94N10O12S. The normalized spacial score (nSPS) is 20.2. The van der Waals surface area contributed by atoms with E-state index in [1.54, 1.807) is 7.05 Å². The molecule has 9 amide bonds. The molecule has 0 aliphatic carbocycles. The Bertz CT molecular complexity index is 1870. The average Bonchev–Trinajstić information content (AvgIpc) is 3.95. The fraction of sp³-hybridized carbons (Fsp3) is 0.830. The molecule has 3 aliphatic heterocycles. The van der Waals surface area contributed by atoms with Gasteiger partial charge in [-0.2, -0.15) is 11.8 Å². The summed E-state index contributed by atoms with van der Waals surface area (Å²) in [4.78, 5) is 115. The first-order valence-electron chi connectivity index (χ1n) is 28.0. The summed E-state index contributed by atoms with van der Waals surface area (Å²) < 4.78 is 5.21. The maximum atomic E-state index is 13.8. The lowest BCUT2D eigenvalue weighted by Gasteiger charge is -2.31. The number of urea groups is 1. The molecule has 3 heterocycles. The fourth-order valence-electron chi connectivity index (χ4n) is 9.33. The maximum Gasteiger partial charge on any atom is 0.315 e. The molecule has 434 valence electrons. The average molecular weight is 1100 g/mol. The molecule has 3 fully saturated rings. The molecule has 0 saturated carbocycles. The summed E-state index contributed by atoms with van der Waals surface area (Å²) in [5, 5.41) is 44.5. The Kier molecular flexibility index (Phi) is 30.3. The van der Waals surface area contributed by atoms with E-state index < -0.39 is 66.5 Å². The highest BCUT2D eigenvalue weighted by atomic mass is 32.2. The summed E-state index contributed by atoms with van der Waals surface area (Å²) in [6.45, 7) is 11.7. The second kappa shape index (κ2) is 35.0. The molecule has 8 atom stereocenters. The van der Waals surface area contributed by atoms with Crippen LogP contribution in [0.25, 0.3) is 0 Å². The molecule has 76 heavy (non-hydrogen) atoms. The van der Waals surface area contributed by atoms with E-state index in [2.05, 4.69) is 48.0 Å². The Balaban J connectivity index is 1.23. The van der Waals surface area contributed by atoms with Crippen LogP contribution in [0.1, 0.15) is 164 Å². The molecule has 23 heteroatoms. The first kappa shape index (κ1) is 65.7. The lowest BCUT2D eigenvalue weighted by Crippen LogP contribution is -2.60. The third-order valence-corrected chi connectivity index (χ3v) is 15.3. The number of hydrogen-bond donors (Lipinski definition) is 11. The van der Waals surface area contributed by atoms with Gasteiger partial charge in [0.15, 0.2) is 11.4 Å². The molecule has 0 spiro atoms. The van der Waals surface area contributed by atoms with E-state index in [-0.39, 0.29) is 85.4 Å². The van der Waals surface area contributed by atoms with E-state index in [0.29, 0.717) is 76.3 Å². The third-order valence-electron chi connectivity index (χ3n) is 13.7. The number of ether oxygens (including phenoxy) is 1. The van der Waals surface area contributed by atoms with E-state index in [1.165, 1.54) is 5.01 Å². The highest BCUT2D eigenvalue weighted by Crippen LogP contribution is 2.33. The highest BCUT2D eigenvalue weighted by Gasteiger charge is 2.54. The van der Waals surface area contributed by atoms with Crippen LogP contribution in [0, 0.1) is 17.8 Å². The molecule has 11 N–H and O–H groups in total. The van der Waals surface area contributed by atoms with Gasteiger partial charge in [-0.1, -0.05) is 67.2 Å². The SMILES string of the molecule is CC(C)C[C@H](NC(=O)[C@H](CC(C)C)N(C)NC(=O)CCCCCNC(=O)CCCCCNC(=O)CCCCCNC(=O)CCCC[C@@H]1SC[C@@H]2NC(=O)N[C@@H]21)C(=O)N[C@@H](CO)C(=O)N[C@@H](CC(C)C)C(=O)[C@@]1(CO)CO1. The lowest BCUT2D eigenvalue weighted by molar-refractivity contribution is -0.137. The van der Waals surface area contributed by atoms with Gasteiger partial charge in [0.05, 0.1) is 37.9 Å². The number of hydrazine groups is 1. The predicted octanol–water partition coefficient (Wildman–Crippen LogP) is 1.99. The minimum Gasteiger partial charge on any atom is -0.394 e. The van der Waals surface area contributed by atoms with Crippen molar-refractivity contribution < 1.29 is 58.1 Å². The summed E-state index contributed by atoms with van der Waals surface area (Å²) in [6.07, 6.45) is 11.7. The quantitative estimate of drug-likeness (QED) is 0.0181. The highest BCUT2D eigenvalue weighted by molar-refractivity contribution is 8.00. The van der Waals surface area contributed by atoms with Crippen molar-refractivity contribution in [1.82, 2.24) is 53.0 Å². The van der Waals surface area contributed by atoms with Crippen molar-refractivity contribution >= 4 is 64.9 Å². The van der Waals surface area contributed by atoms with E-state index in [4.69, 9.17) is 4.74 Å². The van der Waals surface area contributed by atoms with Crippen LogP contribution in [0.3, 0.4) is 0 Å². The van der Waals surface area contributed by atoms with Crippen LogP contribution >= 0.6 is 11.8 Å². The number of aliphatic hydroxyl groups is 2. The van der Waals surface area contributed by atoms with Crippen LogP contribution in [0.15, 0.2) is 0 Å². The molecule has 0 aromatic rings. The van der Waals surface area contributed by atoms with Gasteiger partial charge in [-0.05, 0) is 88.4 Å². The Morgan fingerprint density at radius 2 is 1.08 bits per heavy atom. The number of fused-ring (bicyclic) bond motifs is 1. The van der Waals surface area contributed by atoms with Crippen molar-refractivity contribution in [2.24, 2.45) is 17.8 Å². The standard InChI is InChI=1S/C53H94N10O12S/c1-34(2)27-37(48(70)53(32-65)33-75-53)57-50(72)39(30-64)59-49(71)38(28-35(3)4)58-51(73)41(29-36(5)6)63(7)62-46(69)23-13-10-18-26-55-44(67)21-11-8-16-24-54-43(66)20-12-9-17-25-56-45(68)22-15-14-19-42-47-40(31-76-42)60-52(74)61-47/h34-42,47,64-65H,8-33H2,1-7H3,(H,54,66)(H,55,67)(H,56,68)(H,57,72)(H,58,73)(H,59,71)(H,62,69)(H2,60,61,74)/t37-,38-,39-,40-,41-,42-,47-,53+/m0/s1. The van der Waals surface area contributed by atoms with Gasteiger partial charge in [-0.15, -0.1) is 0 Å². The van der Waals surface area contributed by atoms with Crippen LogP contribution < -0.4 is 48.0 Å². The van der Waals surface area contributed by atoms with Gasteiger partial charge >= 0.3 is 6.03 Å². The third kappa shape index (κ3) is 24.8. The maximum absolute atomic E-state index is 13.8. The van der Waals surface area contributed by atoms with Gasteiger partial charge in [-0.25, -0.2) is 9.80 Å². The summed E-state index contributed by atoms with van der Waals surface area (Å²) in [6, 6.07) is -4.08. The number of hydrogen-bond acceptors (Lipinski definition) is 14. The number of ketones is 1. The van der Waals surface area contributed by atoms with Crippen molar-refractivity contribution in [3.8, 4) is 0 Å². The van der Waals surface area contributed by atoms with E-state index in [1.807, 2.05) is 53.3 Å². The van der Waals surface area contributed by atoms with Crippen LogP contribution in [-0.2, 0) is 43.1 Å². The van der Waals surface area contributed by atoms with E-state index >= 15 is 0 Å². The van der Waals surface area contributed by atoms with Crippen LogP contribution in [-0.4, -0.2) is 168 Å². The van der Waals surface area contributed by atoms with Crippen LogP contribution in [0.4, 0.5) is 4.79 Å². The molecule has 22 nitrogen and oxygen atoms in total.